The summed E-state index contributed by atoms with van der Waals surface area (Å²) < 4.78 is 44.1. The number of halogens is 3. The molecular formula is C16H18F3NO4. The Morgan fingerprint density at radius 1 is 1.21 bits per heavy atom. The van der Waals surface area contributed by atoms with Gasteiger partial charge in [0.2, 0.25) is 0 Å². The monoisotopic (exact) mass is 345 g/mol. The standard InChI is InChI=1S/C16H18F3NO4/c1-4-24-15(23)12(14(21)22)13(16(17,18)19)20-11-7-5-10(6-8-11)9(2)3/h5-9,20H,4H2,1-3H3,(H,21,22). The zero-order chi connectivity index (χ0) is 18.5. The minimum absolute atomic E-state index is 0.00905. The van der Waals surface area contributed by atoms with Gasteiger partial charge in [-0.2, -0.15) is 13.2 Å². The number of anilines is 1. The molecule has 1 aromatic rings. The molecule has 0 aliphatic heterocycles. The van der Waals surface area contributed by atoms with Crippen LogP contribution in [0.1, 0.15) is 32.3 Å². The van der Waals surface area contributed by atoms with Gasteiger partial charge >= 0.3 is 18.1 Å². The summed E-state index contributed by atoms with van der Waals surface area (Å²) in [7, 11) is 0. The zero-order valence-electron chi connectivity index (χ0n) is 13.4. The fourth-order valence-corrected chi connectivity index (χ4v) is 1.87. The normalized spacial score (nSPS) is 12.6. The van der Waals surface area contributed by atoms with Crippen LogP contribution in [0.5, 0.6) is 0 Å². The Kier molecular flexibility index (Phi) is 6.39. The number of carbonyl (C=O) groups is 2. The van der Waals surface area contributed by atoms with Crippen molar-refractivity contribution >= 4 is 17.6 Å². The molecule has 0 radical (unpaired) electrons. The Morgan fingerprint density at radius 3 is 2.12 bits per heavy atom. The molecule has 132 valence electrons. The van der Waals surface area contributed by atoms with Crippen molar-refractivity contribution < 1.29 is 32.6 Å². The number of carboxylic acids is 1. The van der Waals surface area contributed by atoms with E-state index in [2.05, 4.69) is 4.74 Å². The third-order valence-electron chi connectivity index (χ3n) is 3.07. The van der Waals surface area contributed by atoms with E-state index in [1.54, 1.807) is 12.1 Å². The van der Waals surface area contributed by atoms with Crippen LogP contribution in [-0.4, -0.2) is 29.8 Å². The molecule has 8 heteroatoms. The lowest BCUT2D eigenvalue weighted by molar-refractivity contribution is -0.145. The number of benzene rings is 1. The van der Waals surface area contributed by atoms with E-state index in [1.807, 2.05) is 19.2 Å². The van der Waals surface area contributed by atoms with Crippen LogP contribution < -0.4 is 5.32 Å². The molecule has 1 rings (SSSR count). The predicted molar refractivity (Wildman–Crippen MR) is 81.5 cm³/mol. The van der Waals surface area contributed by atoms with E-state index in [-0.39, 0.29) is 18.2 Å². The van der Waals surface area contributed by atoms with Gasteiger partial charge < -0.3 is 15.2 Å². The van der Waals surface area contributed by atoms with Crippen molar-refractivity contribution in [1.29, 1.82) is 0 Å². The van der Waals surface area contributed by atoms with Crippen molar-refractivity contribution in [3.05, 3.63) is 41.1 Å². The average Bonchev–Trinajstić information content (AvgIpc) is 2.46. The fraction of sp³-hybridized carbons (Fsp3) is 0.375. The van der Waals surface area contributed by atoms with Gasteiger partial charge in [0.15, 0.2) is 5.57 Å². The van der Waals surface area contributed by atoms with Gasteiger partial charge in [-0.15, -0.1) is 0 Å². The van der Waals surface area contributed by atoms with Crippen LogP contribution in [0.25, 0.3) is 0 Å². The van der Waals surface area contributed by atoms with Crippen molar-refractivity contribution in [2.75, 3.05) is 11.9 Å². The maximum absolute atomic E-state index is 13.2. The maximum Gasteiger partial charge on any atom is 0.432 e. The maximum atomic E-state index is 13.2. The second kappa shape index (κ2) is 7.85. The number of alkyl halides is 3. The first-order valence-electron chi connectivity index (χ1n) is 7.16. The van der Waals surface area contributed by atoms with Gasteiger partial charge in [-0.1, -0.05) is 26.0 Å². The number of carboxylic acid groups (broad SMARTS) is 1. The SMILES string of the molecule is CCOC(=O)C(C(=O)O)=C(Nc1ccc(C(C)C)cc1)C(F)(F)F. The van der Waals surface area contributed by atoms with Crippen LogP contribution >= 0.6 is 0 Å². The summed E-state index contributed by atoms with van der Waals surface area (Å²) in [5.74, 6) is -3.39. The number of carbonyl (C=O) groups excluding carboxylic acids is 1. The van der Waals surface area contributed by atoms with Crippen LogP contribution in [0.15, 0.2) is 35.5 Å². The summed E-state index contributed by atoms with van der Waals surface area (Å²) in [6.07, 6.45) is -5.07. The van der Waals surface area contributed by atoms with Crippen LogP contribution in [0.3, 0.4) is 0 Å². The van der Waals surface area contributed by atoms with E-state index in [9.17, 15) is 22.8 Å². The lowest BCUT2D eigenvalue weighted by Crippen LogP contribution is -2.28. The van der Waals surface area contributed by atoms with E-state index in [4.69, 9.17) is 5.11 Å². The zero-order valence-corrected chi connectivity index (χ0v) is 13.4. The van der Waals surface area contributed by atoms with Crippen LogP contribution in [0.4, 0.5) is 18.9 Å². The number of hydrogen-bond acceptors (Lipinski definition) is 4. The summed E-state index contributed by atoms with van der Waals surface area (Å²) in [5.41, 5.74) is -2.25. The molecule has 0 atom stereocenters. The highest BCUT2D eigenvalue weighted by Gasteiger charge is 2.41. The molecule has 0 saturated heterocycles. The van der Waals surface area contributed by atoms with Gasteiger partial charge in [0, 0.05) is 5.69 Å². The molecule has 0 fully saturated rings. The van der Waals surface area contributed by atoms with Crippen molar-refractivity contribution in [2.45, 2.75) is 32.9 Å². The van der Waals surface area contributed by atoms with E-state index < -0.39 is 29.4 Å². The van der Waals surface area contributed by atoms with Gasteiger partial charge in [0.05, 0.1) is 6.61 Å². The topological polar surface area (TPSA) is 75.6 Å². The molecule has 0 aromatic heterocycles. The number of rotatable bonds is 6. The molecule has 5 nitrogen and oxygen atoms in total. The Balaban J connectivity index is 3.32. The largest absolute Gasteiger partial charge is 0.477 e. The first-order chi connectivity index (χ1) is 11.1. The fourth-order valence-electron chi connectivity index (χ4n) is 1.87. The molecule has 0 aliphatic carbocycles. The highest BCUT2D eigenvalue weighted by Crippen LogP contribution is 2.30. The Morgan fingerprint density at radius 2 is 1.75 bits per heavy atom. The van der Waals surface area contributed by atoms with Crippen LogP contribution in [0, 0.1) is 0 Å². The number of allylic oxidation sites excluding steroid dienone is 1. The minimum atomic E-state index is -5.07. The van der Waals surface area contributed by atoms with Gasteiger partial charge in [0.1, 0.15) is 5.70 Å². The molecule has 0 saturated carbocycles. The first-order valence-corrected chi connectivity index (χ1v) is 7.16. The minimum Gasteiger partial charge on any atom is -0.477 e. The molecule has 0 spiro atoms. The number of ether oxygens (including phenoxy) is 1. The summed E-state index contributed by atoms with van der Waals surface area (Å²) in [6.45, 7) is 4.96. The molecule has 0 unspecified atom stereocenters. The molecule has 0 aliphatic rings. The summed E-state index contributed by atoms with van der Waals surface area (Å²) >= 11 is 0. The lowest BCUT2D eigenvalue weighted by atomic mass is 10.0. The lowest BCUT2D eigenvalue weighted by Gasteiger charge is -2.17. The number of esters is 1. The molecule has 2 N–H and O–H groups in total. The third-order valence-corrected chi connectivity index (χ3v) is 3.07. The summed E-state index contributed by atoms with van der Waals surface area (Å²) in [6, 6.07) is 6.00. The first kappa shape index (κ1) is 19.5. The quantitative estimate of drug-likeness (QED) is 0.356. The van der Waals surface area contributed by atoms with Crippen LogP contribution in [0.2, 0.25) is 0 Å². The highest BCUT2D eigenvalue weighted by atomic mass is 19.4. The van der Waals surface area contributed by atoms with Crippen molar-refractivity contribution in [1.82, 2.24) is 0 Å². The van der Waals surface area contributed by atoms with Crippen molar-refractivity contribution in [3.63, 3.8) is 0 Å². The molecule has 1 aromatic carbocycles. The van der Waals surface area contributed by atoms with Gasteiger partial charge in [-0.05, 0) is 30.5 Å². The van der Waals surface area contributed by atoms with Crippen molar-refractivity contribution in [2.24, 2.45) is 0 Å². The number of nitrogens with one attached hydrogen (secondary N) is 1. The van der Waals surface area contributed by atoms with E-state index in [1.165, 1.54) is 19.1 Å². The molecule has 0 amide bonds. The Hall–Kier alpha value is -2.51. The smallest absolute Gasteiger partial charge is 0.432 e. The number of aliphatic carboxylic acids is 1. The van der Waals surface area contributed by atoms with Gasteiger partial charge in [-0.3, -0.25) is 0 Å². The Labute approximate surface area is 137 Å². The molecule has 24 heavy (non-hydrogen) atoms. The highest BCUT2D eigenvalue weighted by molar-refractivity contribution is 6.14. The Bertz CT molecular complexity index is 634. The van der Waals surface area contributed by atoms with Crippen molar-refractivity contribution in [3.8, 4) is 0 Å². The van der Waals surface area contributed by atoms with Gasteiger partial charge in [-0.25, -0.2) is 9.59 Å². The second-order valence-corrected chi connectivity index (χ2v) is 5.18. The summed E-state index contributed by atoms with van der Waals surface area (Å²) in [5, 5.41) is 11.0. The number of hydrogen-bond donors (Lipinski definition) is 2. The van der Waals surface area contributed by atoms with E-state index in [0.29, 0.717) is 0 Å². The van der Waals surface area contributed by atoms with Gasteiger partial charge in [0.25, 0.3) is 0 Å². The predicted octanol–water partition coefficient (Wildman–Crippen LogP) is 3.69. The molecule has 0 bridgehead atoms. The van der Waals surface area contributed by atoms with E-state index >= 15 is 0 Å². The third kappa shape index (κ3) is 5.00. The van der Waals surface area contributed by atoms with Crippen LogP contribution in [-0.2, 0) is 14.3 Å². The summed E-state index contributed by atoms with van der Waals surface area (Å²) in [4.78, 5) is 22.7. The molecule has 0 heterocycles. The molecular weight excluding hydrogens is 327 g/mol. The average molecular weight is 345 g/mol. The van der Waals surface area contributed by atoms with E-state index in [0.717, 1.165) is 5.56 Å². The second-order valence-electron chi connectivity index (χ2n) is 5.18.